The molecule has 0 spiro atoms. The second kappa shape index (κ2) is 6.22. The summed E-state index contributed by atoms with van der Waals surface area (Å²) >= 11 is 1.61. The topological polar surface area (TPSA) is 44.1 Å². The first-order valence-corrected chi connectivity index (χ1v) is 7.91. The second-order valence-corrected chi connectivity index (χ2v) is 6.16. The van der Waals surface area contributed by atoms with E-state index in [1.807, 2.05) is 18.3 Å². The van der Waals surface area contributed by atoms with Gasteiger partial charge in [-0.15, -0.1) is 11.3 Å². The lowest BCUT2D eigenvalue weighted by Crippen LogP contribution is -2.10. The van der Waals surface area contributed by atoms with Crippen LogP contribution in [0.1, 0.15) is 39.4 Å². The number of carbonyl (C=O) groups is 1. The van der Waals surface area contributed by atoms with Gasteiger partial charge in [0, 0.05) is 17.3 Å². The molecule has 0 unspecified atom stereocenters. The molecule has 2 heterocycles. The number of hydrogen-bond acceptors (Lipinski definition) is 4. The summed E-state index contributed by atoms with van der Waals surface area (Å²) in [4.78, 5) is 14.2. The maximum Gasteiger partial charge on any atom is 0.348 e. The van der Waals surface area contributed by atoms with Crippen molar-refractivity contribution in [1.82, 2.24) is 9.78 Å². The Bertz CT molecular complexity index is 551. The summed E-state index contributed by atoms with van der Waals surface area (Å²) in [7, 11) is 0. The molecule has 4 nitrogen and oxygen atoms in total. The van der Waals surface area contributed by atoms with Gasteiger partial charge >= 0.3 is 5.97 Å². The van der Waals surface area contributed by atoms with E-state index in [1.54, 1.807) is 22.2 Å². The average Bonchev–Trinajstić information content (AvgIpc) is 3.05. The molecule has 3 rings (SSSR count). The molecule has 0 radical (unpaired) electrons. The van der Waals surface area contributed by atoms with E-state index in [4.69, 9.17) is 4.74 Å². The Morgan fingerprint density at radius 2 is 2.25 bits per heavy atom. The van der Waals surface area contributed by atoms with Gasteiger partial charge in [0.15, 0.2) is 0 Å². The predicted octanol–water partition coefficient (Wildman–Crippen LogP) is 3.07. The van der Waals surface area contributed by atoms with Crippen LogP contribution in [0.3, 0.4) is 0 Å². The van der Waals surface area contributed by atoms with Crippen LogP contribution in [-0.4, -0.2) is 22.4 Å². The molecule has 0 atom stereocenters. The summed E-state index contributed by atoms with van der Waals surface area (Å²) in [6, 6.07) is 3.89. The number of hydrogen-bond donors (Lipinski definition) is 0. The van der Waals surface area contributed by atoms with Crippen molar-refractivity contribution in [1.29, 1.82) is 0 Å². The Kier molecular flexibility index (Phi) is 4.16. The first kappa shape index (κ1) is 13.4. The predicted molar refractivity (Wildman–Crippen MR) is 78.1 cm³/mol. The lowest BCUT2D eigenvalue weighted by molar-refractivity contribution is 0.0493. The van der Waals surface area contributed by atoms with Crippen molar-refractivity contribution in [2.24, 2.45) is 0 Å². The fourth-order valence-electron chi connectivity index (χ4n) is 2.50. The Morgan fingerprint density at radius 3 is 3.10 bits per heavy atom. The minimum atomic E-state index is -0.199. The van der Waals surface area contributed by atoms with E-state index in [0.29, 0.717) is 13.2 Å². The number of nitrogens with zero attached hydrogens (tertiary/aromatic N) is 2. The van der Waals surface area contributed by atoms with E-state index < -0.39 is 0 Å². The third kappa shape index (κ3) is 3.10. The summed E-state index contributed by atoms with van der Waals surface area (Å²) in [5.74, 6) is -0.199. The van der Waals surface area contributed by atoms with Crippen LogP contribution in [0.4, 0.5) is 0 Å². The van der Waals surface area contributed by atoms with Crippen LogP contribution in [0.25, 0.3) is 0 Å². The molecule has 20 heavy (non-hydrogen) atoms. The van der Waals surface area contributed by atoms with Gasteiger partial charge in [0.05, 0.1) is 6.54 Å². The molecule has 0 N–H and O–H groups in total. The third-order valence-corrected chi connectivity index (χ3v) is 4.78. The van der Waals surface area contributed by atoms with Gasteiger partial charge in [-0.25, -0.2) is 4.79 Å². The van der Waals surface area contributed by atoms with E-state index in [1.165, 1.54) is 29.7 Å². The number of fused-ring (bicyclic) bond motifs is 1. The summed E-state index contributed by atoms with van der Waals surface area (Å²) in [6.07, 6.45) is 9.57. The molecule has 0 bridgehead atoms. The maximum absolute atomic E-state index is 12.0. The standard InChI is InChI=1S/C15H18N2O2S/c18-15(19-10-9-17-8-4-7-16-17)14-11-12-5-2-1-3-6-13(12)20-14/h4,7-8,11H,1-3,5-6,9-10H2. The Labute approximate surface area is 122 Å². The minimum absolute atomic E-state index is 0.199. The number of rotatable bonds is 4. The van der Waals surface area contributed by atoms with E-state index in [-0.39, 0.29) is 5.97 Å². The zero-order chi connectivity index (χ0) is 13.8. The highest BCUT2D eigenvalue weighted by Crippen LogP contribution is 2.29. The minimum Gasteiger partial charge on any atom is -0.460 e. The van der Waals surface area contributed by atoms with Gasteiger partial charge in [0.25, 0.3) is 0 Å². The molecular weight excluding hydrogens is 272 g/mol. The molecule has 5 heteroatoms. The van der Waals surface area contributed by atoms with E-state index in [2.05, 4.69) is 5.10 Å². The first-order chi connectivity index (χ1) is 9.83. The molecule has 0 saturated carbocycles. The molecular formula is C15H18N2O2S. The average molecular weight is 290 g/mol. The largest absolute Gasteiger partial charge is 0.460 e. The fourth-order valence-corrected chi connectivity index (χ4v) is 3.65. The second-order valence-electron chi connectivity index (χ2n) is 5.02. The van der Waals surface area contributed by atoms with Crippen molar-refractivity contribution in [2.45, 2.75) is 38.6 Å². The molecule has 0 saturated heterocycles. The summed E-state index contributed by atoms with van der Waals surface area (Å²) < 4.78 is 7.08. The van der Waals surface area contributed by atoms with Crippen molar-refractivity contribution in [3.05, 3.63) is 39.8 Å². The molecule has 0 aliphatic heterocycles. The molecule has 2 aromatic rings. The van der Waals surface area contributed by atoms with Crippen LogP contribution in [0, 0.1) is 0 Å². The van der Waals surface area contributed by atoms with Crippen molar-refractivity contribution in [3.8, 4) is 0 Å². The number of carbonyl (C=O) groups excluding carboxylic acids is 1. The Hall–Kier alpha value is -1.62. The van der Waals surface area contributed by atoms with Gasteiger partial charge in [-0.05, 0) is 43.4 Å². The number of thiophene rings is 1. The van der Waals surface area contributed by atoms with Crippen molar-refractivity contribution < 1.29 is 9.53 Å². The van der Waals surface area contributed by atoms with Crippen LogP contribution in [0.5, 0.6) is 0 Å². The number of aromatic nitrogens is 2. The van der Waals surface area contributed by atoms with E-state index >= 15 is 0 Å². The number of aryl methyl sites for hydroxylation is 2. The summed E-state index contributed by atoms with van der Waals surface area (Å²) in [5.41, 5.74) is 1.35. The number of ether oxygens (including phenoxy) is 1. The third-order valence-electron chi connectivity index (χ3n) is 3.56. The van der Waals surface area contributed by atoms with E-state index in [0.717, 1.165) is 17.7 Å². The Morgan fingerprint density at radius 1 is 1.35 bits per heavy atom. The highest BCUT2D eigenvalue weighted by Gasteiger charge is 2.17. The van der Waals surface area contributed by atoms with Crippen LogP contribution < -0.4 is 0 Å². The first-order valence-electron chi connectivity index (χ1n) is 7.09. The zero-order valence-electron chi connectivity index (χ0n) is 11.4. The molecule has 0 fully saturated rings. The van der Waals surface area contributed by atoms with Gasteiger partial charge in [-0.3, -0.25) is 4.68 Å². The highest BCUT2D eigenvalue weighted by molar-refractivity contribution is 7.14. The normalized spacial score (nSPS) is 14.6. The molecule has 2 aromatic heterocycles. The van der Waals surface area contributed by atoms with Gasteiger partial charge in [0.2, 0.25) is 0 Å². The fraction of sp³-hybridized carbons (Fsp3) is 0.467. The van der Waals surface area contributed by atoms with Crippen LogP contribution in [0.2, 0.25) is 0 Å². The summed E-state index contributed by atoms with van der Waals surface area (Å²) in [5, 5.41) is 4.08. The SMILES string of the molecule is O=C(OCCn1cccn1)c1cc2c(s1)CCCCC2. The monoisotopic (exact) mass is 290 g/mol. The smallest absolute Gasteiger partial charge is 0.348 e. The summed E-state index contributed by atoms with van der Waals surface area (Å²) in [6.45, 7) is 0.965. The van der Waals surface area contributed by atoms with Crippen molar-refractivity contribution >= 4 is 17.3 Å². The maximum atomic E-state index is 12.0. The highest BCUT2D eigenvalue weighted by atomic mass is 32.1. The van der Waals surface area contributed by atoms with Crippen LogP contribution in [0.15, 0.2) is 24.5 Å². The molecule has 0 amide bonds. The van der Waals surface area contributed by atoms with Crippen LogP contribution >= 0.6 is 11.3 Å². The van der Waals surface area contributed by atoms with Gasteiger partial charge < -0.3 is 4.74 Å². The number of esters is 1. The molecule has 1 aliphatic carbocycles. The molecule has 0 aromatic carbocycles. The molecule has 106 valence electrons. The van der Waals surface area contributed by atoms with Gasteiger partial charge in [0.1, 0.15) is 11.5 Å². The van der Waals surface area contributed by atoms with Gasteiger partial charge in [-0.2, -0.15) is 5.10 Å². The van der Waals surface area contributed by atoms with E-state index in [9.17, 15) is 4.79 Å². The molecule has 1 aliphatic rings. The lowest BCUT2D eigenvalue weighted by Gasteiger charge is -2.03. The van der Waals surface area contributed by atoms with Crippen molar-refractivity contribution in [2.75, 3.05) is 6.61 Å². The lowest BCUT2D eigenvalue weighted by atomic mass is 10.1. The van der Waals surface area contributed by atoms with Crippen LogP contribution in [-0.2, 0) is 24.1 Å². The van der Waals surface area contributed by atoms with Crippen molar-refractivity contribution in [3.63, 3.8) is 0 Å². The van der Waals surface area contributed by atoms with Gasteiger partial charge in [-0.1, -0.05) is 6.42 Å². The quantitative estimate of drug-likeness (QED) is 0.642. The Balaban J connectivity index is 1.57. The zero-order valence-corrected chi connectivity index (χ0v) is 12.2.